The lowest BCUT2D eigenvalue weighted by molar-refractivity contribution is 0.0913. The lowest BCUT2D eigenvalue weighted by Gasteiger charge is -2.20. The molecule has 0 aliphatic rings. The molecule has 0 saturated carbocycles. The fraction of sp³-hybridized carbons (Fsp3) is 0.389. The summed E-state index contributed by atoms with van der Waals surface area (Å²) in [6, 6.07) is 8.52. The van der Waals surface area contributed by atoms with Gasteiger partial charge in [-0.05, 0) is 12.5 Å². The minimum absolute atomic E-state index is 0.0302. The van der Waals surface area contributed by atoms with E-state index in [4.69, 9.17) is 0 Å². The molecular weight excluding hydrogens is 306 g/mol. The molecule has 0 bridgehead atoms. The summed E-state index contributed by atoms with van der Waals surface area (Å²) in [7, 11) is 0. The van der Waals surface area contributed by atoms with Gasteiger partial charge in [0.25, 0.3) is 11.5 Å². The van der Waals surface area contributed by atoms with Crippen molar-refractivity contribution in [3.8, 4) is 0 Å². The van der Waals surface area contributed by atoms with Gasteiger partial charge in [0, 0.05) is 5.41 Å². The van der Waals surface area contributed by atoms with E-state index in [2.05, 4.69) is 15.3 Å². The van der Waals surface area contributed by atoms with E-state index in [9.17, 15) is 14.7 Å². The molecule has 0 aliphatic carbocycles. The lowest BCUT2D eigenvalue weighted by Crippen LogP contribution is -2.36. The number of H-pyrrole nitrogens is 1. The van der Waals surface area contributed by atoms with Crippen LogP contribution in [0.4, 0.5) is 0 Å². The predicted octanol–water partition coefficient (Wildman–Crippen LogP) is 1.84. The Hall–Kier alpha value is -2.47. The number of nitrogens with zero attached hydrogens (tertiary/aromatic N) is 1. The number of hydrogen-bond acceptors (Lipinski definition) is 4. The van der Waals surface area contributed by atoms with E-state index in [1.807, 2.05) is 39.0 Å². The van der Waals surface area contributed by atoms with Crippen LogP contribution >= 0.6 is 0 Å². The van der Waals surface area contributed by atoms with Crippen molar-refractivity contribution < 1.29 is 9.90 Å². The van der Waals surface area contributed by atoms with Crippen molar-refractivity contribution in [1.29, 1.82) is 0 Å². The minimum atomic E-state index is -0.584. The summed E-state index contributed by atoms with van der Waals surface area (Å²) in [4.78, 5) is 31.9. The third-order valence-electron chi connectivity index (χ3n) is 3.73. The number of hydrogen-bond donors (Lipinski definition) is 3. The maximum absolute atomic E-state index is 12.5. The largest absolute Gasteiger partial charge is 0.394 e. The van der Waals surface area contributed by atoms with Crippen LogP contribution in [0.2, 0.25) is 0 Å². The summed E-state index contributed by atoms with van der Waals surface area (Å²) in [6.45, 7) is 7.17. The first-order valence-corrected chi connectivity index (χ1v) is 7.82. The molecule has 0 spiro atoms. The first-order chi connectivity index (χ1) is 11.2. The van der Waals surface area contributed by atoms with Crippen LogP contribution in [-0.4, -0.2) is 27.6 Å². The van der Waals surface area contributed by atoms with E-state index >= 15 is 0 Å². The van der Waals surface area contributed by atoms with Gasteiger partial charge in [-0.2, -0.15) is 0 Å². The van der Waals surface area contributed by atoms with Crippen molar-refractivity contribution in [3.63, 3.8) is 0 Å². The number of carbonyl (C=O) groups excluding carboxylic acids is 1. The van der Waals surface area contributed by atoms with Crippen LogP contribution in [0.3, 0.4) is 0 Å². The highest BCUT2D eigenvalue weighted by Crippen LogP contribution is 2.18. The Morgan fingerprint density at radius 1 is 1.29 bits per heavy atom. The van der Waals surface area contributed by atoms with Crippen LogP contribution in [-0.2, 0) is 5.41 Å². The second-order valence-corrected chi connectivity index (χ2v) is 6.74. The Kier molecular flexibility index (Phi) is 5.19. The Balaban J connectivity index is 2.32. The molecular formula is C18H23N3O3. The van der Waals surface area contributed by atoms with Gasteiger partial charge in [0.1, 0.15) is 11.4 Å². The molecule has 0 fully saturated rings. The molecule has 1 heterocycles. The molecule has 128 valence electrons. The fourth-order valence-corrected chi connectivity index (χ4v) is 2.36. The first-order valence-electron chi connectivity index (χ1n) is 7.82. The van der Waals surface area contributed by atoms with Gasteiger partial charge in [-0.1, -0.05) is 51.1 Å². The van der Waals surface area contributed by atoms with Gasteiger partial charge in [0.2, 0.25) is 0 Å². The fourth-order valence-electron chi connectivity index (χ4n) is 2.36. The van der Waals surface area contributed by atoms with E-state index in [0.717, 1.165) is 5.56 Å². The smallest absolute Gasteiger partial charge is 0.264 e. The highest BCUT2D eigenvalue weighted by molar-refractivity contribution is 5.95. The number of aliphatic hydroxyl groups is 1. The van der Waals surface area contributed by atoms with Gasteiger partial charge in [-0.15, -0.1) is 0 Å². The van der Waals surface area contributed by atoms with Gasteiger partial charge in [0.05, 0.1) is 18.3 Å². The lowest BCUT2D eigenvalue weighted by atomic mass is 9.95. The molecule has 0 saturated heterocycles. The topological polar surface area (TPSA) is 95.1 Å². The van der Waals surface area contributed by atoms with Gasteiger partial charge in [-0.3, -0.25) is 9.59 Å². The molecule has 24 heavy (non-hydrogen) atoms. The standard InChI is InChI=1S/C18H23N3O3/c1-11-14(16(24)21-17(19-11)18(2,3)4)15(23)20-13(10-22)12-8-6-5-7-9-12/h5-9,13,22H,10H2,1-4H3,(H,20,23)(H,19,21,24)/t13-/m1/s1. The van der Waals surface area contributed by atoms with Crippen LogP contribution in [0.1, 0.15) is 54.3 Å². The maximum Gasteiger partial charge on any atom is 0.264 e. The monoisotopic (exact) mass is 329 g/mol. The summed E-state index contributed by atoms with van der Waals surface area (Å²) in [5.41, 5.74) is 0.302. The quantitative estimate of drug-likeness (QED) is 0.797. The molecule has 6 nitrogen and oxygen atoms in total. The van der Waals surface area contributed by atoms with Crippen LogP contribution < -0.4 is 10.9 Å². The molecule has 6 heteroatoms. The zero-order chi connectivity index (χ0) is 17.9. The second-order valence-electron chi connectivity index (χ2n) is 6.74. The summed E-state index contributed by atoms with van der Waals surface area (Å²) >= 11 is 0. The van der Waals surface area contributed by atoms with Crippen molar-refractivity contribution in [2.75, 3.05) is 6.61 Å². The van der Waals surface area contributed by atoms with Crippen molar-refractivity contribution >= 4 is 5.91 Å². The van der Waals surface area contributed by atoms with Gasteiger partial charge >= 0.3 is 0 Å². The SMILES string of the molecule is Cc1nc(C(C)(C)C)[nH]c(=O)c1C(=O)N[C@H](CO)c1ccccc1. The zero-order valence-corrected chi connectivity index (χ0v) is 14.4. The molecule has 2 rings (SSSR count). The van der Waals surface area contributed by atoms with Gasteiger partial charge < -0.3 is 15.4 Å². The number of carbonyl (C=O) groups is 1. The number of aryl methyl sites for hydroxylation is 1. The number of benzene rings is 1. The van der Waals surface area contributed by atoms with E-state index < -0.39 is 17.5 Å². The number of nitrogens with one attached hydrogen (secondary N) is 2. The number of aliphatic hydroxyl groups excluding tert-OH is 1. The summed E-state index contributed by atoms with van der Waals surface area (Å²) in [5, 5.41) is 12.2. The highest BCUT2D eigenvalue weighted by Gasteiger charge is 2.23. The third kappa shape index (κ3) is 3.89. The van der Waals surface area contributed by atoms with E-state index in [1.165, 1.54) is 0 Å². The Morgan fingerprint density at radius 2 is 1.92 bits per heavy atom. The van der Waals surface area contributed by atoms with E-state index in [-0.39, 0.29) is 17.6 Å². The Bertz CT molecular complexity index is 776. The second kappa shape index (κ2) is 6.97. The number of aromatic nitrogens is 2. The molecule has 2 aromatic rings. The summed E-state index contributed by atoms with van der Waals surface area (Å²) < 4.78 is 0. The molecule has 3 N–H and O–H groups in total. The number of aromatic amines is 1. The highest BCUT2D eigenvalue weighted by atomic mass is 16.3. The van der Waals surface area contributed by atoms with Crippen molar-refractivity contribution in [2.24, 2.45) is 0 Å². The van der Waals surface area contributed by atoms with E-state index in [0.29, 0.717) is 11.5 Å². The maximum atomic E-state index is 12.5. The summed E-state index contributed by atoms with van der Waals surface area (Å²) in [5.74, 6) is -0.0204. The molecule has 0 unspecified atom stereocenters. The predicted molar refractivity (Wildman–Crippen MR) is 92.0 cm³/mol. The average molecular weight is 329 g/mol. The number of rotatable bonds is 4. The molecule has 0 radical (unpaired) electrons. The molecule has 1 aromatic carbocycles. The average Bonchev–Trinajstić information content (AvgIpc) is 2.51. The zero-order valence-electron chi connectivity index (χ0n) is 14.4. The van der Waals surface area contributed by atoms with Crippen LogP contribution in [0.25, 0.3) is 0 Å². The van der Waals surface area contributed by atoms with Crippen LogP contribution in [0.15, 0.2) is 35.1 Å². The van der Waals surface area contributed by atoms with Crippen molar-refractivity contribution in [1.82, 2.24) is 15.3 Å². The Morgan fingerprint density at radius 3 is 2.42 bits per heavy atom. The minimum Gasteiger partial charge on any atom is -0.394 e. The molecule has 1 amide bonds. The normalized spacial score (nSPS) is 12.7. The van der Waals surface area contributed by atoms with Crippen LogP contribution in [0, 0.1) is 6.92 Å². The third-order valence-corrected chi connectivity index (χ3v) is 3.73. The van der Waals surface area contributed by atoms with E-state index in [1.54, 1.807) is 19.1 Å². The van der Waals surface area contributed by atoms with Crippen LogP contribution in [0.5, 0.6) is 0 Å². The molecule has 1 aromatic heterocycles. The molecule has 1 atom stereocenters. The molecule has 0 aliphatic heterocycles. The summed E-state index contributed by atoms with van der Waals surface area (Å²) in [6.07, 6.45) is 0. The first kappa shape index (κ1) is 17.9. The van der Waals surface area contributed by atoms with Crippen molar-refractivity contribution in [3.05, 3.63) is 63.3 Å². The van der Waals surface area contributed by atoms with Gasteiger partial charge in [0.15, 0.2) is 0 Å². The van der Waals surface area contributed by atoms with Crippen molar-refractivity contribution in [2.45, 2.75) is 39.2 Å². The number of amides is 1. The Labute approximate surface area is 141 Å². The van der Waals surface area contributed by atoms with Gasteiger partial charge in [-0.25, -0.2) is 4.98 Å².